The second-order valence-electron chi connectivity index (χ2n) is 5.68. The van der Waals surface area contributed by atoms with Gasteiger partial charge < -0.3 is 10.2 Å². The average Bonchev–Trinajstić information content (AvgIpc) is 2.99. The molecule has 6 heteroatoms. The van der Waals surface area contributed by atoms with E-state index in [-0.39, 0.29) is 0 Å². The number of nitrogens with zero attached hydrogens (tertiary/aromatic N) is 4. The van der Waals surface area contributed by atoms with Crippen molar-refractivity contribution in [2.75, 3.05) is 18.0 Å². The zero-order chi connectivity index (χ0) is 15.4. The lowest BCUT2D eigenvalue weighted by molar-refractivity contribution is 0.412. The van der Waals surface area contributed by atoms with E-state index in [9.17, 15) is 0 Å². The molecular weight excluding hydrogens is 276 g/mol. The number of H-pyrrole nitrogens is 1. The fourth-order valence-corrected chi connectivity index (χ4v) is 2.76. The molecule has 22 heavy (non-hydrogen) atoms. The summed E-state index contributed by atoms with van der Waals surface area (Å²) < 4.78 is 0. The number of hydrogen-bond acceptors (Lipinski definition) is 5. The van der Waals surface area contributed by atoms with Crippen LogP contribution in [0.2, 0.25) is 0 Å². The molecule has 0 spiro atoms. The Morgan fingerprint density at radius 2 is 2.18 bits per heavy atom. The van der Waals surface area contributed by atoms with Crippen molar-refractivity contribution in [2.45, 2.75) is 32.4 Å². The van der Waals surface area contributed by atoms with Gasteiger partial charge in [-0.25, -0.2) is 4.98 Å². The third-order valence-electron chi connectivity index (χ3n) is 4.21. The monoisotopic (exact) mass is 296 g/mol. The third-order valence-corrected chi connectivity index (χ3v) is 4.21. The predicted molar refractivity (Wildman–Crippen MR) is 84.4 cm³/mol. The highest BCUT2D eigenvalue weighted by Crippen LogP contribution is 2.18. The number of piperidine rings is 1. The molecule has 0 aliphatic carbocycles. The lowest BCUT2D eigenvalue weighted by Crippen LogP contribution is -2.42. The lowest BCUT2D eigenvalue weighted by atomic mass is 10.0. The van der Waals surface area contributed by atoms with E-state index in [0.717, 1.165) is 44.0 Å². The van der Waals surface area contributed by atoms with Crippen LogP contribution < -0.4 is 10.2 Å². The van der Waals surface area contributed by atoms with Gasteiger partial charge in [-0.15, -0.1) is 0 Å². The predicted octanol–water partition coefficient (Wildman–Crippen LogP) is 1.74. The van der Waals surface area contributed by atoms with Crippen LogP contribution in [0, 0.1) is 18.3 Å². The largest absolute Gasteiger partial charge is 0.357 e. The summed E-state index contributed by atoms with van der Waals surface area (Å²) in [7, 11) is 0. The number of anilines is 1. The average molecular weight is 296 g/mol. The minimum atomic E-state index is 0.531. The van der Waals surface area contributed by atoms with Crippen LogP contribution in [-0.4, -0.2) is 34.3 Å². The maximum atomic E-state index is 8.81. The van der Waals surface area contributed by atoms with E-state index in [0.29, 0.717) is 11.6 Å². The number of hydrogen-bond donors (Lipinski definition) is 2. The normalized spacial score (nSPS) is 15.7. The van der Waals surface area contributed by atoms with E-state index in [1.165, 1.54) is 5.56 Å². The van der Waals surface area contributed by atoms with Gasteiger partial charge in [0.2, 0.25) is 0 Å². The second-order valence-corrected chi connectivity index (χ2v) is 5.68. The summed E-state index contributed by atoms with van der Waals surface area (Å²) in [5.41, 5.74) is 2.97. The van der Waals surface area contributed by atoms with Crippen LogP contribution in [0.15, 0.2) is 24.5 Å². The van der Waals surface area contributed by atoms with Gasteiger partial charge in [-0.2, -0.15) is 10.4 Å². The minimum Gasteiger partial charge on any atom is -0.357 e. The van der Waals surface area contributed by atoms with Crippen molar-refractivity contribution in [3.05, 3.63) is 41.3 Å². The van der Waals surface area contributed by atoms with Crippen molar-refractivity contribution in [3.63, 3.8) is 0 Å². The third kappa shape index (κ3) is 3.26. The van der Waals surface area contributed by atoms with E-state index in [2.05, 4.69) is 31.5 Å². The van der Waals surface area contributed by atoms with E-state index < -0.39 is 0 Å². The molecule has 1 fully saturated rings. The summed E-state index contributed by atoms with van der Waals surface area (Å²) in [6.07, 6.45) is 5.72. The van der Waals surface area contributed by atoms with Crippen molar-refractivity contribution >= 4 is 5.82 Å². The quantitative estimate of drug-likeness (QED) is 0.898. The van der Waals surface area contributed by atoms with Gasteiger partial charge in [0.1, 0.15) is 11.9 Å². The van der Waals surface area contributed by atoms with Gasteiger partial charge in [-0.1, -0.05) is 0 Å². The highest BCUT2D eigenvalue weighted by molar-refractivity contribution is 5.42. The number of aromatic nitrogens is 3. The molecule has 0 saturated carbocycles. The summed E-state index contributed by atoms with van der Waals surface area (Å²) in [5.74, 6) is 0.961. The van der Waals surface area contributed by atoms with Gasteiger partial charge >= 0.3 is 0 Å². The first kappa shape index (κ1) is 14.5. The topological polar surface area (TPSA) is 80.6 Å². The molecule has 0 bridgehead atoms. The first-order valence-corrected chi connectivity index (χ1v) is 7.59. The van der Waals surface area contributed by atoms with E-state index >= 15 is 0 Å². The maximum absolute atomic E-state index is 8.81. The van der Waals surface area contributed by atoms with Gasteiger partial charge in [0.25, 0.3) is 0 Å². The molecule has 1 aliphatic heterocycles. The fourth-order valence-electron chi connectivity index (χ4n) is 2.76. The molecule has 3 rings (SSSR count). The summed E-state index contributed by atoms with van der Waals surface area (Å²) in [6.45, 7) is 4.88. The zero-order valence-corrected chi connectivity index (χ0v) is 12.7. The Labute approximate surface area is 130 Å². The molecular formula is C16H20N6. The molecule has 2 N–H and O–H groups in total. The lowest BCUT2D eigenvalue weighted by Gasteiger charge is -2.33. The van der Waals surface area contributed by atoms with Gasteiger partial charge in [0, 0.05) is 43.1 Å². The number of rotatable bonds is 4. The van der Waals surface area contributed by atoms with Gasteiger partial charge in [0.05, 0.1) is 11.8 Å². The van der Waals surface area contributed by atoms with Gasteiger partial charge in [0.15, 0.2) is 0 Å². The molecule has 6 nitrogen and oxygen atoms in total. The number of aromatic amines is 1. The van der Waals surface area contributed by atoms with Crippen molar-refractivity contribution in [3.8, 4) is 6.07 Å². The van der Waals surface area contributed by atoms with E-state index in [1.807, 2.05) is 25.3 Å². The highest BCUT2D eigenvalue weighted by atomic mass is 15.2. The smallest absolute Gasteiger partial charge is 0.128 e. The second kappa shape index (κ2) is 6.58. The SMILES string of the molecule is Cc1[nH]ncc1CNC1CCN(c2ccc(C#N)cn2)CC1. The molecule has 2 aromatic heterocycles. The number of aryl methyl sites for hydroxylation is 1. The van der Waals surface area contributed by atoms with Crippen LogP contribution in [0.25, 0.3) is 0 Å². The molecule has 0 aromatic carbocycles. The zero-order valence-electron chi connectivity index (χ0n) is 12.7. The molecule has 1 saturated heterocycles. The molecule has 0 atom stereocenters. The number of pyridine rings is 1. The Morgan fingerprint density at radius 3 is 2.77 bits per heavy atom. The first-order chi connectivity index (χ1) is 10.8. The highest BCUT2D eigenvalue weighted by Gasteiger charge is 2.20. The van der Waals surface area contributed by atoms with Crippen molar-refractivity contribution in [1.29, 1.82) is 5.26 Å². The van der Waals surface area contributed by atoms with Crippen molar-refractivity contribution < 1.29 is 0 Å². The molecule has 0 radical (unpaired) electrons. The summed E-state index contributed by atoms with van der Waals surface area (Å²) in [5, 5.41) is 19.4. The Kier molecular flexibility index (Phi) is 4.35. The molecule has 114 valence electrons. The summed E-state index contributed by atoms with van der Waals surface area (Å²) in [4.78, 5) is 6.65. The molecule has 1 aliphatic rings. The molecule has 0 amide bonds. The van der Waals surface area contributed by atoms with E-state index in [4.69, 9.17) is 5.26 Å². The van der Waals surface area contributed by atoms with Crippen LogP contribution >= 0.6 is 0 Å². The Balaban J connectivity index is 1.49. The van der Waals surface area contributed by atoms with Crippen LogP contribution in [-0.2, 0) is 6.54 Å². The Bertz CT molecular complexity index is 646. The standard InChI is InChI=1S/C16H20N6/c1-12-14(11-20-21-12)10-18-15-4-6-22(7-5-15)16-3-2-13(8-17)9-19-16/h2-3,9,11,15,18H,4-7,10H2,1H3,(H,20,21). The summed E-state index contributed by atoms with van der Waals surface area (Å²) in [6, 6.07) is 6.39. The number of nitriles is 1. The van der Waals surface area contributed by atoms with Gasteiger partial charge in [-0.05, 0) is 31.9 Å². The van der Waals surface area contributed by atoms with Gasteiger partial charge in [-0.3, -0.25) is 5.10 Å². The Morgan fingerprint density at radius 1 is 1.36 bits per heavy atom. The van der Waals surface area contributed by atoms with Crippen LogP contribution in [0.5, 0.6) is 0 Å². The first-order valence-electron chi connectivity index (χ1n) is 7.59. The molecule has 2 aromatic rings. The maximum Gasteiger partial charge on any atom is 0.128 e. The molecule has 0 unspecified atom stereocenters. The fraction of sp³-hybridized carbons (Fsp3) is 0.438. The molecule has 3 heterocycles. The van der Waals surface area contributed by atoms with Crippen molar-refractivity contribution in [1.82, 2.24) is 20.5 Å². The van der Waals surface area contributed by atoms with Crippen molar-refractivity contribution in [2.24, 2.45) is 0 Å². The van der Waals surface area contributed by atoms with E-state index in [1.54, 1.807) is 6.20 Å². The van der Waals surface area contributed by atoms with Crippen LogP contribution in [0.3, 0.4) is 0 Å². The number of nitrogens with one attached hydrogen (secondary N) is 2. The van der Waals surface area contributed by atoms with Crippen LogP contribution in [0.4, 0.5) is 5.82 Å². The van der Waals surface area contributed by atoms with Crippen LogP contribution in [0.1, 0.15) is 29.7 Å². The summed E-state index contributed by atoms with van der Waals surface area (Å²) >= 11 is 0. The minimum absolute atomic E-state index is 0.531. The Hall–Kier alpha value is -2.39.